The lowest BCUT2D eigenvalue weighted by Gasteiger charge is -2.39. The third-order valence-corrected chi connectivity index (χ3v) is 5.41. The van der Waals surface area contributed by atoms with Gasteiger partial charge in [-0.25, -0.2) is 0 Å². The molecule has 1 aliphatic heterocycles. The van der Waals surface area contributed by atoms with Crippen LogP contribution in [0, 0.1) is 12.8 Å². The average molecular weight is 313 g/mol. The second-order valence-corrected chi connectivity index (χ2v) is 6.91. The van der Waals surface area contributed by atoms with E-state index in [2.05, 4.69) is 48.7 Å². The zero-order valence-electron chi connectivity index (χ0n) is 14.0. The number of allylic oxidation sites excluding steroid dienone is 2. The molecule has 1 heterocycles. The molecule has 124 valence electrons. The Labute approximate surface area is 139 Å². The van der Waals surface area contributed by atoms with Crippen molar-refractivity contribution in [2.75, 3.05) is 19.8 Å². The van der Waals surface area contributed by atoms with E-state index in [1.807, 2.05) is 0 Å². The summed E-state index contributed by atoms with van der Waals surface area (Å²) in [5.74, 6) is 0.363. The van der Waals surface area contributed by atoms with Crippen LogP contribution in [0.1, 0.15) is 43.2 Å². The second-order valence-electron chi connectivity index (χ2n) is 6.91. The Morgan fingerprint density at radius 1 is 1.26 bits per heavy atom. The van der Waals surface area contributed by atoms with Gasteiger partial charge in [0.05, 0.1) is 0 Å². The summed E-state index contributed by atoms with van der Waals surface area (Å²) in [6.07, 6.45) is 9.14. The summed E-state index contributed by atoms with van der Waals surface area (Å²) in [6.45, 7) is 4.44. The molecule has 3 nitrogen and oxygen atoms in total. The van der Waals surface area contributed by atoms with Crippen LogP contribution in [0.5, 0.6) is 0 Å². The predicted molar refractivity (Wildman–Crippen MR) is 92.4 cm³/mol. The second kappa shape index (κ2) is 7.31. The van der Waals surface area contributed by atoms with Crippen LogP contribution in [-0.4, -0.2) is 25.7 Å². The van der Waals surface area contributed by atoms with Crippen LogP contribution in [0.4, 0.5) is 0 Å². The van der Waals surface area contributed by atoms with E-state index < -0.39 is 0 Å². The van der Waals surface area contributed by atoms with Gasteiger partial charge >= 0.3 is 0 Å². The summed E-state index contributed by atoms with van der Waals surface area (Å²) >= 11 is 0. The lowest BCUT2D eigenvalue weighted by Crippen LogP contribution is -2.46. The molecule has 3 heteroatoms. The zero-order valence-corrected chi connectivity index (χ0v) is 14.0. The van der Waals surface area contributed by atoms with Crippen molar-refractivity contribution in [1.29, 1.82) is 0 Å². The molecule has 1 aromatic rings. The smallest absolute Gasteiger partial charge is 0.223 e. The molecule has 3 rings (SSSR count). The number of hydrogen-bond acceptors (Lipinski definition) is 2. The summed E-state index contributed by atoms with van der Waals surface area (Å²) in [7, 11) is 0. The number of carbonyl (C=O) groups is 1. The topological polar surface area (TPSA) is 38.3 Å². The Kier molecular flexibility index (Phi) is 5.16. The highest BCUT2D eigenvalue weighted by atomic mass is 16.5. The molecule has 23 heavy (non-hydrogen) atoms. The molecule has 1 aromatic carbocycles. The first-order chi connectivity index (χ1) is 11.2. The SMILES string of the molecule is Cc1ccccc1C1(CNC(=O)[C@H]2CC=CCC2)CCOCC1. The summed E-state index contributed by atoms with van der Waals surface area (Å²) in [6, 6.07) is 8.57. The molecule has 1 amide bonds. The fourth-order valence-electron chi connectivity index (χ4n) is 3.90. The number of nitrogens with one attached hydrogen (secondary N) is 1. The number of benzene rings is 1. The van der Waals surface area contributed by atoms with Gasteiger partial charge in [0.25, 0.3) is 0 Å². The molecule has 0 radical (unpaired) electrons. The van der Waals surface area contributed by atoms with Gasteiger partial charge < -0.3 is 10.1 Å². The maximum atomic E-state index is 12.5. The third kappa shape index (κ3) is 3.66. The molecule has 1 aliphatic carbocycles. The van der Waals surface area contributed by atoms with Crippen LogP contribution in [-0.2, 0) is 14.9 Å². The van der Waals surface area contributed by atoms with E-state index in [0.29, 0.717) is 0 Å². The number of amides is 1. The number of rotatable bonds is 4. The van der Waals surface area contributed by atoms with Crippen molar-refractivity contribution < 1.29 is 9.53 Å². The van der Waals surface area contributed by atoms with Gasteiger partial charge in [-0.2, -0.15) is 0 Å². The van der Waals surface area contributed by atoms with E-state index in [0.717, 1.165) is 51.9 Å². The zero-order chi connectivity index (χ0) is 16.1. The molecule has 0 spiro atoms. The first-order valence-electron chi connectivity index (χ1n) is 8.78. The van der Waals surface area contributed by atoms with Crippen LogP contribution < -0.4 is 5.32 Å². The Hall–Kier alpha value is -1.61. The van der Waals surface area contributed by atoms with Crippen LogP contribution in [0.25, 0.3) is 0 Å². The fourth-order valence-corrected chi connectivity index (χ4v) is 3.90. The maximum absolute atomic E-state index is 12.5. The Bertz CT molecular complexity index is 573. The van der Waals surface area contributed by atoms with Gasteiger partial charge in [0.1, 0.15) is 0 Å². The van der Waals surface area contributed by atoms with E-state index in [-0.39, 0.29) is 17.2 Å². The molecule has 1 atom stereocenters. The molecule has 1 fully saturated rings. The van der Waals surface area contributed by atoms with E-state index in [9.17, 15) is 4.79 Å². The van der Waals surface area contributed by atoms with Crippen molar-refractivity contribution in [3.8, 4) is 0 Å². The van der Waals surface area contributed by atoms with Crippen molar-refractivity contribution in [2.24, 2.45) is 5.92 Å². The lowest BCUT2D eigenvalue weighted by molar-refractivity contribution is -0.125. The summed E-state index contributed by atoms with van der Waals surface area (Å²) < 4.78 is 5.59. The monoisotopic (exact) mass is 313 g/mol. The van der Waals surface area contributed by atoms with E-state index in [1.54, 1.807) is 0 Å². The van der Waals surface area contributed by atoms with Crippen molar-refractivity contribution in [1.82, 2.24) is 5.32 Å². The Morgan fingerprint density at radius 3 is 2.74 bits per heavy atom. The standard InChI is InChI=1S/C20H27NO2/c1-16-7-5-6-10-18(16)20(11-13-23-14-12-20)15-21-19(22)17-8-3-2-4-9-17/h2-3,5-7,10,17H,4,8-9,11-15H2,1H3,(H,21,22)/t17-/m0/s1. The van der Waals surface area contributed by atoms with Crippen LogP contribution in [0.15, 0.2) is 36.4 Å². The van der Waals surface area contributed by atoms with Crippen LogP contribution in [0.3, 0.4) is 0 Å². The van der Waals surface area contributed by atoms with Gasteiger partial charge in [0.2, 0.25) is 5.91 Å². The minimum atomic E-state index is 0.0176. The number of aryl methyl sites for hydroxylation is 1. The maximum Gasteiger partial charge on any atom is 0.223 e. The van der Waals surface area contributed by atoms with Crippen molar-refractivity contribution in [3.05, 3.63) is 47.5 Å². The summed E-state index contributed by atoms with van der Waals surface area (Å²) in [5, 5.41) is 3.26. The first-order valence-corrected chi connectivity index (χ1v) is 8.78. The highest BCUT2D eigenvalue weighted by Gasteiger charge is 2.36. The van der Waals surface area contributed by atoms with Gasteiger partial charge in [-0.1, -0.05) is 36.4 Å². The molecule has 0 saturated carbocycles. The molecule has 1 N–H and O–H groups in total. The van der Waals surface area contributed by atoms with E-state index in [4.69, 9.17) is 4.74 Å². The Morgan fingerprint density at radius 2 is 2.04 bits per heavy atom. The van der Waals surface area contributed by atoms with Gasteiger partial charge in [-0.3, -0.25) is 4.79 Å². The number of ether oxygens (including phenoxy) is 1. The summed E-state index contributed by atoms with van der Waals surface area (Å²) in [4.78, 5) is 12.5. The molecular weight excluding hydrogens is 286 g/mol. The highest BCUT2D eigenvalue weighted by Crippen LogP contribution is 2.36. The molecule has 1 saturated heterocycles. The lowest BCUT2D eigenvalue weighted by atomic mass is 9.72. The average Bonchev–Trinajstić information content (AvgIpc) is 2.61. The molecule has 2 aliphatic rings. The number of carbonyl (C=O) groups excluding carboxylic acids is 1. The highest BCUT2D eigenvalue weighted by molar-refractivity contribution is 5.79. The minimum absolute atomic E-state index is 0.0176. The molecule has 0 unspecified atom stereocenters. The van der Waals surface area contributed by atoms with Crippen molar-refractivity contribution in [3.63, 3.8) is 0 Å². The van der Waals surface area contributed by atoms with Gasteiger partial charge in [0, 0.05) is 31.1 Å². The fraction of sp³-hybridized carbons (Fsp3) is 0.550. The van der Waals surface area contributed by atoms with Crippen LogP contribution >= 0.6 is 0 Å². The van der Waals surface area contributed by atoms with Crippen molar-refractivity contribution in [2.45, 2.75) is 44.4 Å². The molecule has 0 aromatic heterocycles. The molecular formula is C20H27NO2. The largest absolute Gasteiger partial charge is 0.381 e. The number of hydrogen-bond donors (Lipinski definition) is 1. The minimum Gasteiger partial charge on any atom is -0.381 e. The first kappa shape index (κ1) is 16.3. The van der Waals surface area contributed by atoms with Crippen LogP contribution in [0.2, 0.25) is 0 Å². The third-order valence-electron chi connectivity index (χ3n) is 5.41. The molecule has 0 bridgehead atoms. The quantitative estimate of drug-likeness (QED) is 0.864. The Balaban J connectivity index is 1.73. The van der Waals surface area contributed by atoms with Gasteiger partial charge in [-0.05, 0) is 50.2 Å². The summed E-state index contributed by atoms with van der Waals surface area (Å²) in [5.41, 5.74) is 2.69. The predicted octanol–water partition coefficient (Wildman–Crippen LogP) is 3.52. The van der Waals surface area contributed by atoms with Crippen molar-refractivity contribution >= 4 is 5.91 Å². The normalized spacial score (nSPS) is 23.4. The van der Waals surface area contributed by atoms with E-state index >= 15 is 0 Å². The van der Waals surface area contributed by atoms with Gasteiger partial charge in [-0.15, -0.1) is 0 Å². The van der Waals surface area contributed by atoms with E-state index in [1.165, 1.54) is 11.1 Å². The van der Waals surface area contributed by atoms with Gasteiger partial charge in [0.15, 0.2) is 0 Å².